The van der Waals surface area contributed by atoms with Crippen LogP contribution in [0.4, 0.5) is 0 Å². The second-order valence-corrected chi connectivity index (χ2v) is 14.6. The standard InChI is InChI=1S/C32H43N2O7PS/c1-2-29(37)40-32(26-19-10-5-11-20-26)41-42(39,21-13-12-16-24-14-6-3-7-15-24)33-27-23-43-31(25-17-8-4-9-18-25)34(30(27)38)22-28(35)36/h3-4,6-9,14-15,17-18,26-27,31-32H,2,5,10-13,16,19-23H2,1H3,(H,33,39)(H,35,36). The molecular weight excluding hydrogens is 587 g/mol. The first kappa shape index (κ1) is 33.2. The number of nitrogens with zero attached hydrogens (tertiary/aromatic N) is 1. The Balaban J connectivity index is 1.54. The maximum Gasteiger partial charge on any atom is 0.323 e. The van der Waals surface area contributed by atoms with Crippen molar-refractivity contribution in [1.29, 1.82) is 0 Å². The normalized spacial score (nSPS) is 21.6. The minimum Gasteiger partial charge on any atom is -0.480 e. The lowest BCUT2D eigenvalue weighted by atomic mass is 9.89. The van der Waals surface area contributed by atoms with Crippen LogP contribution in [0.2, 0.25) is 0 Å². The van der Waals surface area contributed by atoms with Crippen LogP contribution < -0.4 is 5.09 Å². The molecule has 11 heteroatoms. The summed E-state index contributed by atoms with van der Waals surface area (Å²) in [6.07, 6.45) is 6.15. The van der Waals surface area contributed by atoms with E-state index >= 15 is 0 Å². The fourth-order valence-corrected chi connectivity index (χ4v) is 9.22. The summed E-state index contributed by atoms with van der Waals surface area (Å²) in [4.78, 5) is 39.3. The molecule has 2 aliphatic rings. The highest BCUT2D eigenvalue weighted by Crippen LogP contribution is 2.49. The van der Waals surface area contributed by atoms with Gasteiger partial charge in [-0.05, 0) is 43.2 Å². The van der Waals surface area contributed by atoms with Crippen LogP contribution in [0, 0.1) is 5.92 Å². The molecule has 0 spiro atoms. The van der Waals surface area contributed by atoms with Crippen LogP contribution in [0.5, 0.6) is 0 Å². The smallest absolute Gasteiger partial charge is 0.323 e. The Labute approximate surface area is 258 Å². The largest absolute Gasteiger partial charge is 0.480 e. The molecular formula is C32H43N2O7PS. The topological polar surface area (TPSA) is 122 Å². The number of carboxylic acid groups (broad SMARTS) is 1. The predicted octanol–water partition coefficient (Wildman–Crippen LogP) is 6.40. The van der Waals surface area contributed by atoms with Crippen LogP contribution in [0.15, 0.2) is 60.7 Å². The third-order valence-electron chi connectivity index (χ3n) is 7.88. The second kappa shape index (κ2) is 16.4. The van der Waals surface area contributed by atoms with Gasteiger partial charge in [-0.3, -0.25) is 23.5 Å². The van der Waals surface area contributed by atoms with Crippen molar-refractivity contribution in [2.24, 2.45) is 5.92 Å². The van der Waals surface area contributed by atoms with Crippen LogP contribution in [0.3, 0.4) is 0 Å². The number of ether oxygens (including phenoxy) is 1. The number of aryl methyl sites for hydroxylation is 1. The minimum atomic E-state index is -3.72. The molecule has 2 fully saturated rings. The van der Waals surface area contributed by atoms with Crippen molar-refractivity contribution >= 4 is 37.1 Å². The van der Waals surface area contributed by atoms with E-state index < -0.39 is 49.6 Å². The summed E-state index contributed by atoms with van der Waals surface area (Å²) >= 11 is 1.42. The maximum atomic E-state index is 14.6. The molecule has 2 aromatic carbocycles. The van der Waals surface area contributed by atoms with Gasteiger partial charge >= 0.3 is 11.9 Å². The quantitative estimate of drug-likeness (QED) is 0.0997. The van der Waals surface area contributed by atoms with Gasteiger partial charge in [-0.25, -0.2) is 5.09 Å². The Morgan fingerprint density at radius 1 is 1.05 bits per heavy atom. The van der Waals surface area contributed by atoms with Crippen LogP contribution in [-0.2, 0) is 34.6 Å². The zero-order chi connectivity index (χ0) is 30.7. The van der Waals surface area contributed by atoms with E-state index in [1.165, 1.54) is 22.2 Å². The van der Waals surface area contributed by atoms with Crippen LogP contribution >= 0.6 is 19.3 Å². The van der Waals surface area contributed by atoms with Crippen molar-refractivity contribution in [2.45, 2.75) is 82.4 Å². The number of carboxylic acids is 1. The number of nitrogens with one attached hydrogen (secondary N) is 1. The fourth-order valence-electron chi connectivity index (χ4n) is 5.63. The third-order valence-corrected chi connectivity index (χ3v) is 11.4. The number of esters is 1. The molecule has 2 aromatic rings. The molecule has 0 aromatic heterocycles. The van der Waals surface area contributed by atoms with Gasteiger partial charge in [0.1, 0.15) is 18.0 Å². The zero-order valence-corrected chi connectivity index (χ0v) is 26.5. The van der Waals surface area contributed by atoms with E-state index in [0.717, 1.165) is 50.5 Å². The average molecular weight is 631 g/mol. The molecule has 4 unspecified atom stereocenters. The molecule has 4 rings (SSSR count). The lowest BCUT2D eigenvalue weighted by Crippen LogP contribution is -2.53. The number of carbonyl (C=O) groups excluding carboxylic acids is 2. The first-order valence-electron chi connectivity index (χ1n) is 15.3. The van der Waals surface area contributed by atoms with Crippen molar-refractivity contribution < 1.29 is 33.3 Å². The summed E-state index contributed by atoms with van der Waals surface area (Å²) in [5, 5.41) is 12.2. The van der Waals surface area contributed by atoms with E-state index in [4.69, 9.17) is 9.26 Å². The van der Waals surface area contributed by atoms with Gasteiger partial charge in [0, 0.05) is 24.3 Å². The molecule has 1 aliphatic heterocycles. The van der Waals surface area contributed by atoms with Gasteiger partial charge in [-0.2, -0.15) is 0 Å². The average Bonchev–Trinajstić information content (AvgIpc) is 3.02. The van der Waals surface area contributed by atoms with E-state index in [0.29, 0.717) is 6.42 Å². The highest BCUT2D eigenvalue weighted by Gasteiger charge is 2.43. The van der Waals surface area contributed by atoms with Crippen molar-refractivity contribution in [1.82, 2.24) is 9.99 Å². The molecule has 43 heavy (non-hydrogen) atoms. The van der Waals surface area contributed by atoms with Gasteiger partial charge in [-0.1, -0.05) is 86.8 Å². The molecule has 9 nitrogen and oxygen atoms in total. The lowest BCUT2D eigenvalue weighted by Gasteiger charge is -2.40. The molecule has 1 saturated heterocycles. The summed E-state index contributed by atoms with van der Waals surface area (Å²) in [6, 6.07) is 18.4. The third kappa shape index (κ3) is 9.93. The first-order valence-corrected chi connectivity index (χ1v) is 18.1. The second-order valence-electron chi connectivity index (χ2n) is 11.2. The Hall–Kier alpha value is -2.65. The number of carbonyl (C=O) groups is 3. The molecule has 2 N–H and O–H groups in total. The Morgan fingerprint density at radius 2 is 1.72 bits per heavy atom. The molecule has 4 atom stereocenters. The van der Waals surface area contributed by atoms with Crippen molar-refractivity contribution in [2.75, 3.05) is 18.5 Å². The highest BCUT2D eigenvalue weighted by atomic mass is 32.2. The van der Waals surface area contributed by atoms with Gasteiger partial charge in [0.15, 0.2) is 0 Å². The molecule has 0 radical (unpaired) electrons. The predicted molar refractivity (Wildman–Crippen MR) is 168 cm³/mol. The van der Waals surface area contributed by atoms with E-state index in [2.05, 4.69) is 17.2 Å². The zero-order valence-electron chi connectivity index (χ0n) is 24.8. The number of thioether (sulfide) groups is 1. The van der Waals surface area contributed by atoms with Crippen LogP contribution in [0.25, 0.3) is 0 Å². The number of amides is 1. The van der Waals surface area contributed by atoms with E-state index in [9.17, 15) is 24.1 Å². The fraction of sp³-hybridized carbons (Fsp3) is 0.531. The van der Waals surface area contributed by atoms with Gasteiger partial charge in [0.05, 0.1) is 0 Å². The summed E-state index contributed by atoms with van der Waals surface area (Å²) in [6.45, 7) is 1.23. The number of hydrogen-bond acceptors (Lipinski definition) is 7. The number of unbranched alkanes of at least 4 members (excludes halogenated alkanes) is 1. The van der Waals surface area contributed by atoms with Crippen LogP contribution in [0.1, 0.15) is 74.8 Å². The minimum absolute atomic E-state index is 0.0777. The van der Waals surface area contributed by atoms with Crippen molar-refractivity contribution in [3.8, 4) is 0 Å². The van der Waals surface area contributed by atoms with Gasteiger partial charge in [0.2, 0.25) is 12.2 Å². The molecule has 234 valence electrons. The molecule has 0 bridgehead atoms. The van der Waals surface area contributed by atoms with Crippen molar-refractivity contribution in [3.05, 3.63) is 71.8 Å². The van der Waals surface area contributed by atoms with Gasteiger partial charge < -0.3 is 14.7 Å². The number of aliphatic carboxylic acids is 1. The molecule has 1 heterocycles. The van der Waals surface area contributed by atoms with E-state index in [1.807, 2.05) is 48.5 Å². The van der Waals surface area contributed by atoms with Gasteiger partial charge in [-0.15, -0.1) is 11.8 Å². The molecule has 1 saturated carbocycles. The molecule has 1 amide bonds. The Morgan fingerprint density at radius 3 is 2.37 bits per heavy atom. The number of benzene rings is 2. The summed E-state index contributed by atoms with van der Waals surface area (Å²) in [5.74, 6) is -1.78. The number of rotatable bonds is 15. The van der Waals surface area contributed by atoms with Crippen LogP contribution in [-0.4, -0.2) is 58.6 Å². The SMILES string of the molecule is CCC(=O)OC(OP(=O)(CCCCc1ccccc1)NC1CSC(c2ccccc2)N(CC(=O)O)C1=O)C1CCCCC1. The summed E-state index contributed by atoms with van der Waals surface area (Å²) in [5.41, 5.74) is 2.00. The van der Waals surface area contributed by atoms with Crippen molar-refractivity contribution in [3.63, 3.8) is 0 Å². The summed E-state index contributed by atoms with van der Waals surface area (Å²) < 4.78 is 26.6. The van der Waals surface area contributed by atoms with E-state index in [1.54, 1.807) is 6.92 Å². The first-order chi connectivity index (χ1) is 20.8. The number of hydrogen-bond donors (Lipinski definition) is 2. The monoisotopic (exact) mass is 630 g/mol. The maximum absolute atomic E-state index is 14.6. The molecule has 1 aliphatic carbocycles. The lowest BCUT2D eigenvalue weighted by molar-refractivity contribution is -0.173. The van der Waals surface area contributed by atoms with E-state index in [-0.39, 0.29) is 24.3 Å². The Bertz CT molecular complexity index is 1240. The highest BCUT2D eigenvalue weighted by molar-refractivity contribution is 7.99. The van der Waals surface area contributed by atoms with Gasteiger partial charge in [0.25, 0.3) is 7.52 Å². The Kier molecular flexibility index (Phi) is 12.7. The summed E-state index contributed by atoms with van der Waals surface area (Å²) in [7, 11) is -3.72.